The Labute approximate surface area is 199 Å². The van der Waals surface area contributed by atoms with Crippen molar-refractivity contribution in [2.45, 2.75) is 58.5 Å². The quantitative estimate of drug-likeness (QED) is 0.274. The maximum atomic E-state index is 11.6. The lowest BCUT2D eigenvalue weighted by atomic mass is 9.93. The van der Waals surface area contributed by atoms with Gasteiger partial charge in [-0.2, -0.15) is 0 Å². The van der Waals surface area contributed by atoms with Crippen LogP contribution in [0.25, 0.3) is 0 Å². The molecule has 0 aromatic heterocycles. The first-order valence-corrected chi connectivity index (χ1v) is 10.9. The Hall–Kier alpha value is -1.35. The molecule has 1 unspecified atom stereocenters. The first-order valence-electron chi connectivity index (χ1n) is 10.9. The minimum absolute atomic E-state index is 0. The summed E-state index contributed by atoms with van der Waals surface area (Å²) in [5, 5.41) is 9.89. The molecule has 1 aliphatic heterocycles. The molecule has 1 amide bonds. The summed E-state index contributed by atoms with van der Waals surface area (Å²) in [4.78, 5) is 18.9. The maximum Gasteiger partial charge on any atom is 0.220 e. The van der Waals surface area contributed by atoms with Crippen molar-refractivity contribution in [2.24, 2.45) is 10.9 Å². The molecule has 170 valence electrons. The van der Waals surface area contributed by atoms with Gasteiger partial charge in [0.05, 0.1) is 6.54 Å². The number of amides is 1. The van der Waals surface area contributed by atoms with E-state index in [9.17, 15) is 4.79 Å². The first kappa shape index (κ1) is 26.7. The van der Waals surface area contributed by atoms with Crippen molar-refractivity contribution in [3.05, 3.63) is 35.9 Å². The van der Waals surface area contributed by atoms with E-state index < -0.39 is 0 Å². The Morgan fingerprint density at radius 3 is 2.43 bits per heavy atom. The van der Waals surface area contributed by atoms with Gasteiger partial charge in [0.2, 0.25) is 5.91 Å². The summed E-state index contributed by atoms with van der Waals surface area (Å²) < 4.78 is 0. The van der Waals surface area contributed by atoms with E-state index in [-0.39, 0.29) is 41.5 Å². The van der Waals surface area contributed by atoms with Crippen LogP contribution in [-0.2, 0) is 4.79 Å². The van der Waals surface area contributed by atoms with Gasteiger partial charge < -0.3 is 20.9 Å². The molecule has 1 aromatic carbocycles. The zero-order valence-electron chi connectivity index (χ0n) is 19.2. The van der Waals surface area contributed by atoms with Gasteiger partial charge in [0, 0.05) is 44.7 Å². The van der Waals surface area contributed by atoms with Crippen molar-refractivity contribution in [3.8, 4) is 0 Å². The number of halogens is 1. The molecule has 3 N–H and O–H groups in total. The van der Waals surface area contributed by atoms with Gasteiger partial charge in [-0.1, -0.05) is 30.3 Å². The Kier molecular flexibility index (Phi) is 11.7. The van der Waals surface area contributed by atoms with E-state index >= 15 is 0 Å². The summed E-state index contributed by atoms with van der Waals surface area (Å²) in [6.45, 7) is 12.2. The monoisotopic (exact) mass is 529 g/mol. The Balaban J connectivity index is 0.00000450. The third-order valence-electron chi connectivity index (χ3n) is 5.53. The molecule has 0 aliphatic carbocycles. The number of carbonyl (C=O) groups excluding carboxylic acids is 1. The first-order chi connectivity index (χ1) is 13.8. The van der Waals surface area contributed by atoms with E-state index in [2.05, 4.69) is 72.8 Å². The highest BCUT2D eigenvalue weighted by Gasteiger charge is 2.25. The van der Waals surface area contributed by atoms with Gasteiger partial charge >= 0.3 is 0 Å². The van der Waals surface area contributed by atoms with Crippen molar-refractivity contribution >= 4 is 35.8 Å². The van der Waals surface area contributed by atoms with Gasteiger partial charge in [-0.15, -0.1) is 24.0 Å². The Morgan fingerprint density at radius 2 is 1.87 bits per heavy atom. The third kappa shape index (κ3) is 8.79. The van der Waals surface area contributed by atoms with Crippen LogP contribution in [-0.4, -0.2) is 55.5 Å². The lowest BCUT2D eigenvalue weighted by Crippen LogP contribution is -2.48. The fourth-order valence-corrected chi connectivity index (χ4v) is 3.87. The van der Waals surface area contributed by atoms with Crippen LogP contribution in [0.3, 0.4) is 0 Å². The van der Waals surface area contributed by atoms with Crippen molar-refractivity contribution in [3.63, 3.8) is 0 Å². The number of piperidine rings is 1. The summed E-state index contributed by atoms with van der Waals surface area (Å²) in [5.74, 6) is 1.59. The molecule has 0 spiro atoms. The lowest BCUT2D eigenvalue weighted by molar-refractivity contribution is -0.121. The van der Waals surface area contributed by atoms with Crippen LogP contribution in [0.1, 0.15) is 58.6 Å². The SMILES string of the molecule is CCNC(=NCC(C)(C)NC(C)c1ccccc1)N1CCC(CC(=O)NC)CC1.I. The number of hydrogen-bond acceptors (Lipinski definition) is 3. The standard InChI is InChI=1S/C23H39N5O.HI/c1-6-25-22(28-14-12-19(13-15-28)16-21(29)24-5)26-17-23(3,4)27-18(2)20-10-8-7-9-11-20;/h7-11,18-19,27H,6,12-17H2,1-5H3,(H,24,29)(H,25,26);1H. The van der Waals surface area contributed by atoms with E-state index in [0.717, 1.165) is 38.4 Å². The van der Waals surface area contributed by atoms with E-state index in [1.165, 1.54) is 5.56 Å². The fourth-order valence-electron chi connectivity index (χ4n) is 3.87. The van der Waals surface area contributed by atoms with Crippen LogP contribution in [0.5, 0.6) is 0 Å². The smallest absolute Gasteiger partial charge is 0.220 e. The number of hydrogen-bond donors (Lipinski definition) is 3. The highest BCUT2D eigenvalue weighted by molar-refractivity contribution is 14.0. The van der Waals surface area contributed by atoms with Gasteiger partial charge in [0.1, 0.15) is 0 Å². The molecule has 1 aliphatic rings. The molecular weight excluding hydrogens is 489 g/mol. The second-order valence-corrected chi connectivity index (χ2v) is 8.64. The van der Waals surface area contributed by atoms with Gasteiger partial charge in [-0.05, 0) is 52.0 Å². The number of nitrogens with zero attached hydrogens (tertiary/aromatic N) is 2. The highest BCUT2D eigenvalue weighted by atomic mass is 127. The Bertz CT molecular complexity index is 657. The molecule has 0 radical (unpaired) electrons. The van der Waals surface area contributed by atoms with Gasteiger partial charge in [-0.3, -0.25) is 9.79 Å². The van der Waals surface area contributed by atoms with Crippen LogP contribution in [0.4, 0.5) is 0 Å². The van der Waals surface area contributed by atoms with Gasteiger partial charge in [-0.25, -0.2) is 0 Å². The predicted octanol–water partition coefficient (Wildman–Crippen LogP) is 3.55. The summed E-state index contributed by atoms with van der Waals surface area (Å²) in [7, 11) is 1.71. The van der Waals surface area contributed by atoms with Crippen LogP contribution in [0.2, 0.25) is 0 Å². The molecule has 1 atom stereocenters. The lowest BCUT2D eigenvalue weighted by Gasteiger charge is -2.35. The zero-order valence-corrected chi connectivity index (χ0v) is 21.5. The summed E-state index contributed by atoms with van der Waals surface area (Å²) >= 11 is 0. The molecule has 30 heavy (non-hydrogen) atoms. The van der Waals surface area contributed by atoms with E-state index in [1.54, 1.807) is 7.05 Å². The topological polar surface area (TPSA) is 68.8 Å². The molecule has 0 saturated carbocycles. The van der Waals surface area contributed by atoms with E-state index in [1.807, 2.05) is 6.07 Å². The van der Waals surface area contributed by atoms with Gasteiger partial charge in [0.15, 0.2) is 5.96 Å². The number of nitrogens with one attached hydrogen (secondary N) is 3. The molecular formula is C23H40IN5O. The van der Waals surface area contributed by atoms with Crippen molar-refractivity contribution in [2.75, 3.05) is 33.2 Å². The summed E-state index contributed by atoms with van der Waals surface area (Å²) in [5.41, 5.74) is 1.17. The molecule has 1 heterocycles. The molecule has 2 rings (SSSR count). The second-order valence-electron chi connectivity index (χ2n) is 8.64. The Morgan fingerprint density at radius 1 is 1.23 bits per heavy atom. The van der Waals surface area contributed by atoms with E-state index in [0.29, 0.717) is 18.9 Å². The molecule has 6 nitrogen and oxygen atoms in total. The van der Waals surface area contributed by atoms with Crippen LogP contribution in [0.15, 0.2) is 35.3 Å². The molecule has 7 heteroatoms. The largest absolute Gasteiger partial charge is 0.359 e. The number of rotatable bonds is 8. The molecule has 1 fully saturated rings. The normalized spacial score (nSPS) is 16.6. The summed E-state index contributed by atoms with van der Waals surface area (Å²) in [6.07, 6.45) is 2.70. The maximum absolute atomic E-state index is 11.6. The number of benzene rings is 1. The van der Waals surface area contributed by atoms with Crippen molar-refractivity contribution in [1.82, 2.24) is 20.9 Å². The van der Waals surface area contributed by atoms with Gasteiger partial charge in [0.25, 0.3) is 0 Å². The van der Waals surface area contributed by atoms with Crippen molar-refractivity contribution < 1.29 is 4.79 Å². The number of likely N-dealkylation sites (tertiary alicyclic amines) is 1. The third-order valence-corrected chi connectivity index (χ3v) is 5.53. The zero-order chi connectivity index (χ0) is 21.3. The number of carbonyl (C=O) groups is 1. The van der Waals surface area contributed by atoms with E-state index in [4.69, 9.17) is 4.99 Å². The average molecular weight is 530 g/mol. The average Bonchev–Trinajstić information content (AvgIpc) is 2.72. The van der Waals surface area contributed by atoms with Crippen LogP contribution >= 0.6 is 24.0 Å². The molecule has 1 saturated heterocycles. The number of guanidine groups is 1. The summed E-state index contributed by atoms with van der Waals surface area (Å²) in [6, 6.07) is 10.8. The predicted molar refractivity (Wildman–Crippen MR) is 136 cm³/mol. The molecule has 1 aromatic rings. The van der Waals surface area contributed by atoms with Crippen LogP contribution in [0, 0.1) is 5.92 Å². The minimum Gasteiger partial charge on any atom is -0.359 e. The van der Waals surface area contributed by atoms with Crippen LogP contribution < -0.4 is 16.0 Å². The molecule has 0 bridgehead atoms. The number of aliphatic imine (C=N–C) groups is 1. The van der Waals surface area contributed by atoms with Crippen molar-refractivity contribution in [1.29, 1.82) is 0 Å². The fraction of sp³-hybridized carbons (Fsp3) is 0.652. The minimum atomic E-state index is -0.118. The highest BCUT2D eigenvalue weighted by Crippen LogP contribution is 2.21. The second kappa shape index (κ2) is 13.1.